The molecule has 166 valence electrons. The predicted octanol–water partition coefficient (Wildman–Crippen LogP) is 4.17. The third-order valence-electron chi connectivity index (χ3n) is 6.43. The molecule has 2 amide bonds. The molecule has 5 nitrogen and oxygen atoms in total. The highest BCUT2D eigenvalue weighted by molar-refractivity contribution is 8.00. The minimum Gasteiger partial charge on any atom is -0.353 e. The van der Waals surface area contributed by atoms with Gasteiger partial charge in [-0.2, -0.15) is 0 Å². The van der Waals surface area contributed by atoms with Crippen LogP contribution >= 0.6 is 11.8 Å². The molecule has 0 aromatic heterocycles. The summed E-state index contributed by atoms with van der Waals surface area (Å²) in [4.78, 5) is 30.8. The molecule has 30 heavy (non-hydrogen) atoms. The second-order valence-electron chi connectivity index (χ2n) is 8.88. The Morgan fingerprint density at radius 1 is 1.00 bits per heavy atom. The van der Waals surface area contributed by atoms with Crippen molar-refractivity contribution in [1.29, 1.82) is 0 Å². The summed E-state index contributed by atoms with van der Waals surface area (Å²) in [7, 11) is 4.21. The average Bonchev–Trinajstić information content (AvgIpc) is 2.74. The molecule has 1 N–H and O–H groups in total. The Morgan fingerprint density at radius 2 is 1.63 bits per heavy atom. The molecule has 0 unspecified atom stereocenters. The molecule has 2 aliphatic rings. The molecule has 1 saturated carbocycles. The molecule has 6 heteroatoms. The van der Waals surface area contributed by atoms with E-state index in [4.69, 9.17) is 0 Å². The lowest BCUT2D eigenvalue weighted by Gasteiger charge is -2.35. The van der Waals surface area contributed by atoms with Gasteiger partial charge in [0, 0.05) is 30.1 Å². The highest BCUT2D eigenvalue weighted by Crippen LogP contribution is 2.26. The van der Waals surface area contributed by atoms with Gasteiger partial charge in [0.2, 0.25) is 5.91 Å². The fourth-order valence-electron chi connectivity index (χ4n) is 4.54. The Morgan fingerprint density at radius 3 is 2.30 bits per heavy atom. The van der Waals surface area contributed by atoms with Crippen molar-refractivity contribution in [3.05, 3.63) is 29.8 Å². The third-order valence-corrected chi connectivity index (χ3v) is 7.50. The number of likely N-dealkylation sites (tertiary alicyclic amines) is 1. The van der Waals surface area contributed by atoms with Gasteiger partial charge in [-0.25, -0.2) is 0 Å². The van der Waals surface area contributed by atoms with Crippen LogP contribution in [0.25, 0.3) is 0 Å². The van der Waals surface area contributed by atoms with Gasteiger partial charge >= 0.3 is 0 Å². The minimum atomic E-state index is 0.0830. The zero-order valence-electron chi connectivity index (χ0n) is 18.6. The summed E-state index contributed by atoms with van der Waals surface area (Å²) in [6, 6.07) is 8.59. The lowest BCUT2D eigenvalue weighted by atomic mass is 9.97. The molecule has 1 aromatic carbocycles. The van der Waals surface area contributed by atoms with E-state index in [-0.39, 0.29) is 11.8 Å². The Labute approximate surface area is 186 Å². The predicted molar refractivity (Wildman–Crippen MR) is 124 cm³/mol. The number of amides is 2. The molecule has 0 bridgehead atoms. The van der Waals surface area contributed by atoms with Crippen LogP contribution in [0.1, 0.15) is 68.1 Å². The Hall–Kier alpha value is -1.53. The minimum absolute atomic E-state index is 0.0830. The van der Waals surface area contributed by atoms with Gasteiger partial charge in [0.05, 0.1) is 11.3 Å². The molecular weight excluding hydrogens is 394 g/mol. The average molecular weight is 432 g/mol. The van der Waals surface area contributed by atoms with Gasteiger partial charge in [-0.15, -0.1) is 11.8 Å². The Kier molecular flexibility index (Phi) is 9.06. The van der Waals surface area contributed by atoms with E-state index in [9.17, 15) is 9.59 Å². The van der Waals surface area contributed by atoms with Crippen LogP contribution in [0.5, 0.6) is 0 Å². The SMILES string of the molecule is CN(C)C1CCN(C(=O)c2ccccc2SCC(=O)NC2CCCCCCC2)CC1. The van der Waals surface area contributed by atoms with E-state index in [1.807, 2.05) is 29.2 Å². The van der Waals surface area contributed by atoms with Crippen molar-refractivity contribution >= 4 is 23.6 Å². The number of rotatable bonds is 6. The number of hydrogen-bond donors (Lipinski definition) is 1. The topological polar surface area (TPSA) is 52.7 Å². The summed E-state index contributed by atoms with van der Waals surface area (Å²) in [5, 5.41) is 3.22. The van der Waals surface area contributed by atoms with Crippen LogP contribution in [0.2, 0.25) is 0 Å². The largest absolute Gasteiger partial charge is 0.353 e. The maximum atomic E-state index is 13.1. The number of hydrogen-bond acceptors (Lipinski definition) is 4. The van der Waals surface area contributed by atoms with Crippen molar-refractivity contribution in [3.8, 4) is 0 Å². The summed E-state index contributed by atoms with van der Waals surface area (Å²) in [6.45, 7) is 1.59. The first-order valence-electron chi connectivity index (χ1n) is 11.5. The number of thioether (sulfide) groups is 1. The number of carbonyl (C=O) groups excluding carboxylic acids is 2. The molecular formula is C24H37N3O2S. The summed E-state index contributed by atoms with van der Waals surface area (Å²) in [5.41, 5.74) is 0.726. The second kappa shape index (κ2) is 11.8. The Balaban J connectivity index is 1.53. The molecule has 3 rings (SSSR count). The van der Waals surface area contributed by atoms with E-state index < -0.39 is 0 Å². The highest BCUT2D eigenvalue weighted by Gasteiger charge is 2.26. The molecule has 1 aliphatic heterocycles. The van der Waals surface area contributed by atoms with Gasteiger partial charge in [0.15, 0.2) is 0 Å². The van der Waals surface area contributed by atoms with E-state index in [0.717, 1.165) is 49.2 Å². The van der Waals surface area contributed by atoms with Crippen LogP contribution in [0, 0.1) is 0 Å². The van der Waals surface area contributed by atoms with Crippen LogP contribution in [0.4, 0.5) is 0 Å². The third kappa shape index (κ3) is 6.74. The molecule has 1 aromatic rings. The molecule has 1 saturated heterocycles. The van der Waals surface area contributed by atoms with Crippen LogP contribution in [0.15, 0.2) is 29.2 Å². The monoisotopic (exact) mass is 431 g/mol. The maximum Gasteiger partial charge on any atom is 0.254 e. The van der Waals surface area contributed by atoms with E-state index in [1.165, 1.54) is 43.9 Å². The fourth-order valence-corrected chi connectivity index (χ4v) is 5.39. The number of nitrogens with zero attached hydrogens (tertiary/aromatic N) is 2. The summed E-state index contributed by atoms with van der Waals surface area (Å²) < 4.78 is 0. The van der Waals surface area contributed by atoms with E-state index in [1.54, 1.807) is 0 Å². The normalized spacial score (nSPS) is 19.4. The number of nitrogens with one attached hydrogen (secondary N) is 1. The van der Waals surface area contributed by atoms with Gasteiger partial charge in [0.1, 0.15) is 0 Å². The van der Waals surface area contributed by atoms with Crippen molar-refractivity contribution < 1.29 is 9.59 Å². The van der Waals surface area contributed by atoms with Crippen molar-refractivity contribution in [1.82, 2.24) is 15.1 Å². The lowest BCUT2D eigenvalue weighted by molar-refractivity contribution is -0.119. The molecule has 0 radical (unpaired) electrons. The Bertz CT molecular complexity index is 693. The smallest absolute Gasteiger partial charge is 0.254 e. The molecule has 1 aliphatic carbocycles. The van der Waals surface area contributed by atoms with Crippen molar-refractivity contribution in [2.45, 2.75) is 74.8 Å². The summed E-state index contributed by atoms with van der Waals surface area (Å²) >= 11 is 1.48. The van der Waals surface area contributed by atoms with Crippen molar-refractivity contribution in [2.24, 2.45) is 0 Å². The molecule has 1 heterocycles. The van der Waals surface area contributed by atoms with Crippen LogP contribution < -0.4 is 5.32 Å². The van der Waals surface area contributed by atoms with Crippen LogP contribution in [-0.2, 0) is 4.79 Å². The van der Waals surface area contributed by atoms with Gasteiger partial charge < -0.3 is 15.1 Å². The lowest BCUT2D eigenvalue weighted by Crippen LogP contribution is -2.44. The number of piperidine rings is 1. The fraction of sp³-hybridized carbons (Fsp3) is 0.667. The van der Waals surface area contributed by atoms with E-state index in [2.05, 4.69) is 24.3 Å². The van der Waals surface area contributed by atoms with Crippen molar-refractivity contribution in [2.75, 3.05) is 32.9 Å². The van der Waals surface area contributed by atoms with E-state index >= 15 is 0 Å². The summed E-state index contributed by atoms with van der Waals surface area (Å²) in [5.74, 6) is 0.541. The quantitative estimate of drug-likeness (QED) is 0.687. The first kappa shape index (κ1) is 23.1. The standard InChI is InChI=1S/C24H37N3O2S/c1-26(2)20-14-16-27(17-15-20)24(29)21-12-8-9-13-22(21)30-18-23(28)25-19-10-6-4-3-5-7-11-19/h8-9,12-13,19-20H,3-7,10-11,14-18H2,1-2H3,(H,25,28). The first-order chi connectivity index (χ1) is 14.5. The highest BCUT2D eigenvalue weighted by atomic mass is 32.2. The zero-order chi connectivity index (χ0) is 21.3. The van der Waals surface area contributed by atoms with Gasteiger partial charge in [-0.05, 0) is 51.9 Å². The zero-order valence-corrected chi connectivity index (χ0v) is 19.4. The van der Waals surface area contributed by atoms with Crippen molar-refractivity contribution in [3.63, 3.8) is 0 Å². The molecule has 2 fully saturated rings. The molecule has 0 spiro atoms. The van der Waals surface area contributed by atoms with Gasteiger partial charge in [-0.3, -0.25) is 9.59 Å². The number of carbonyl (C=O) groups is 2. The second-order valence-corrected chi connectivity index (χ2v) is 9.90. The number of benzene rings is 1. The first-order valence-corrected chi connectivity index (χ1v) is 12.5. The van der Waals surface area contributed by atoms with Crippen LogP contribution in [0.3, 0.4) is 0 Å². The maximum absolute atomic E-state index is 13.1. The van der Waals surface area contributed by atoms with Crippen LogP contribution in [-0.4, -0.2) is 66.6 Å². The van der Waals surface area contributed by atoms with Gasteiger partial charge in [-0.1, -0.05) is 44.2 Å². The van der Waals surface area contributed by atoms with Gasteiger partial charge in [0.25, 0.3) is 5.91 Å². The summed E-state index contributed by atoms with van der Waals surface area (Å²) in [6.07, 6.45) is 10.5. The molecule has 0 atom stereocenters. The van der Waals surface area contributed by atoms with E-state index in [0.29, 0.717) is 17.8 Å².